The van der Waals surface area contributed by atoms with Gasteiger partial charge in [-0.2, -0.15) is 4.31 Å². The van der Waals surface area contributed by atoms with E-state index in [9.17, 15) is 18.3 Å². The molecule has 0 amide bonds. The number of sulfonamides is 1. The molecule has 0 bridgehead atoms. The molecule has 0 atom stereocenters. The van der Waals surface area contributed by atoms with Gasteiger partial charge in [0, 0.05) is 38.3 Å². The molecule has 1 saturated heterocycles. The van der Waals surface area contributed by atoms with Gasteiger partial charge in [-0.15, -0.1) is 0 Å². The van der Waals surface area contributed by atoms with Crippen LogP contribution in [0, 0.1) is 12.8 Å². The maximum absolute atomic E-state index is 13.0. The summed E-state index contributed by atoms with van der Waals surface area (Å²) in [5, 5.41) is 9.23. The van der Waals surface area contributed by atoms with Crippen LogP contribution in [0.1, 0.15) is 48.8 Å². The normalized spacial score (nSPS) is 18.4. The number of rotatable bonds is 9. The van der Waals surface area contributed by atoms with Gasteiger partial charge in [0.2, 0.25) is 10.0 Å². The number of aliphatic carboxylic acids is 1. The van der Waals surface area contributed by atoms with Crippen molar-refractivity contribution in [1.82, 2.24) is 9.21 Å². The molecule has 1 saturated carbocycles. The Kier molecular flexibility index (Phi) is 8.46. The lowest BCUT2D eigenvalue weighted by Gasteiger charge is -2.34. The third kappa shape index (κ3) is 6.84. The van der Waals surface area contributed by atoms with E-state index in [-0.39, 0.29) is 6.42 Å². The zero-order valence-electron chi connectivity index (χ0n) is 20.5. The number of hydrogen-bond acceptors (Lipinski definition) is 5. The predicted octanol–water partition coefficient (Wildman–Crippen LogP) is 4.09. The molecule has 1 aliphatic heterocycles. The average Bonchev–Trinajstić information content (AvgIpc) is 2.84. The molecule has 2 aliphatic rings. The maximum Gasteiger partial charge on any atom is 0.307 e. The first-order valence-electron chi connectivity index (χ1n) is 12.6. The average molecular weight is 501 g/mol. The van der Waals surface area contributed by atoms with E-state index in [0.717, 1.165) is 22.4 Å². The summed E-state index contributed by atoms with van der Waals surface area (Å²) >= 11 is 0. The molecule has 0 spiro atoms. The molecule has 1 N–H and O–H groups in total. The Morgan fingerprint density at radius 3 is 2.34 bits per heavy atom. The van der Waals surface area contributed by atoms with E-state index in [2.05, 4.69) is 4.90 Å². The van der Waals surface area contributed by atoms with Crippen LogP contribution in [0.5, 0.6) is 5.75 Å². The summed E-state index contributed by atoms with van der Waals surface area (Å²) in [5.74, 6) is 0.520. The Bertz CT molecular complexity index is 1100. The highest BCUT2D eigenvalue weighted by molar-refractivity contribution is 7.89. The lowest BCUT2D eigenvalue weighted by molar-refractivity contribution is -0.136. The molecule has 2 aromatic rings. The van der Waals surface area contributed by atoms with Crippen LogP contribution >= 0.6 is 0 Å². The van der Waals surface area contributed by atoms with Gasteiger partial charge in [-0.25, -0.2) is 8.42 Å². The van der Waals surface area contributed by atoms with E-state index < -0.39 is 16.0 Å². The fourth-order valence-electron chi connectivity index (χ4n) is 4.97. The third-order valence-electron chi connectivity index (χ3n) is 7.06. The van der Waals surface area contributed by atoms with Gasteiger partial charge in [0.1, 0.15) is 5.75 Å². The molecule has 7 nitrogen and oxygen atoms in total. The van der Waals surface area contributed by atoms with E-state index in [1.165, 1.54) is 32.1 Å². The molecule has 1 heterocycles. The predicted molar refractivity (Wildman–Crippen MR) is 135 cm³/mol. The molecular formula is C27H36N2O5S. The summed E-state index contributed by atoms with van der Waals surface area (Å²) < 4.78 is 33.9. The number of ether oxygens (including phenoxy) is 1. The maximum atomic E-state index is 13.0. The summed E-state index contributed by atoms with van der Waals surface area (Å²) in [5.41, 5.74) is 2.74. The van der Waals surface area contributed by atoms with Crippen LogP contribution in [-0.2, 0) is 27.8 Å². The number of carboxylic acid groups (broad SMARTS) is 1. The van der Waals surface area contributed by atoms with Crippen LogP contribution in [0.4, 0.5) is 0 Å². The molecule has 2 aromatic carbocycles. The van der Waals surface area contributed by atoms with E-state index in [0.29, 0.717) is 50.1 Å². The minimum atomic E-state index is -3.51. The quantitative estimate of drug-likeness (QED) is 0.558. The molecule has 0 unspecified atom stereocenters. The van der Waals surface area contributed by atoms with Crippen LogP contribution < -0.4 is 4.74 Å². The van der Waals surface area contributed by atoms with Crippen LogP contribution in [0.15, 0.2) is 47.4 Å². The number of carboxylic acids is 1. The van der Waals surface area contributed by atoms with Crippen molar-refractivity contribution < 1.29 is 23.1 Å². The zero-order chi connectivity index (χ0) is 24.8. The van der Waals surface area contributed by atoms with E-state index in [1.807, 2.05) is 37.3 Å². The first-order chi connectivity index (χ1) is 16.8. The Morgan fingerprint density at radius 2 is 1.69 bits per heavy atom. The van der Waals surface area contributed by atoms with E-state index >= 15 is 0 Å². The van der Waals surface area contributed by atoms with E-state index in [1.54, 1.807) is 16.4 Å². The Morgan fingerprint density at radius 1 is 1.00 bits per heavy atom. The van der Waals surface area contributed by atoms with Gasteiger partial charge < -0.3 is 9.84 Å². The second-order valence-electron chi connectivity index (χ2n) is 9.82. The molecule has 8 heteroatoms. The van der Waals surface area contributed by atoms with Gasteiger partial charge in [0.25, 0.3) is 0 Å². The number of aryl methyl sites for hydroxylation is 1. The Labute approximate surface area is 208 Å². The van der Waals surface area contributed by atoms with Gasteiger partial charge in [0.15, 0.2) is 0 Å². The largest absolute Gasteiger partial charge is 0.493 e. The van der Waals surface area contributed by atoms with E-state index in [4.69, 9.17) is 4.74 Å². The van der Waals surface area contributed by atoms with Gasteiger partial charge >= 0.3 is 5.97 Å². The van der Waals surface area contributed by atoms with Crippen LogP contribution in [0.3, 0.4) is 0 Å². The SMILES string of the molecule is Cc1ccc(S(=O)(=O)N2CCN(Cc3cc(CC(=O)O)ccc3OCC3CCCCC3)CC2)cc1. The summed E-state index contributed by atoms with van der Waals surface area (Å²) in [6.07, 6.45) is 6.19. The highest BCUT2D eigenvalue weighted by Crippen LogP contribution is 2.28. The van der Waals surface area contributed by atoms with Gasteiger partial charge in [-0.1, -0.05) is 49.1 Å². The van der Waals surface area contributed by atoms with Crippen molar-refractivity contribution in [3.05, 3.63) is 59.2 Å². The van der Waals surface area contributed by atoms with Crippen LogP contribution in [0.2, 0.25) is 0 Å². The van der Waals surface area contributed by atoms with Gasteiger partial charge in [-0.3, -0.25) is 9.69 Å². The minimum Gasteiger partial charge on any atom is -0.493 e. The molecule has 0 radical (unpaired) electrons. The number of hydrogen-bond donors (Lipinski definition) is 1. The molecule has 190 valence electrons. The second kappa shape index (κ2) is 11.5. The minimum absolute atomic E-state index is 0.0293. The first kappa shape index (κ1) is 25.7. The third-order valence-corrected chi connectivity index (χ3v) is 8.98. The van der Waals surface area contributed by atoms with Crippen LogP contribution in [0.25, 0.3) is 0 Å². The highest BCUT2D eigenvalue weighted by atomic mass is 32.2. The van der Waals surface area contributed by atoms with Gasteiger partial charge in [0.05, 0.1) is 17.9 Å². The van der Waals surface area contributed by atoms with Gasteiger partial charge in [-0.05, 0) is 49.4 Å². The lowest BCUT2D eigenvalue weighted by Crippen LogP contribution is -2.48. The monoisotopic (exact) mass is 500 g/mol. The zero-order valence-corrected chi connectivity index (χ0v) is 21.3. The van der Waals surface area contributed by atoms with Crippen molar-refractivity contribution in [1.29, 1.82) is 0 Å². The standard InChI is InChI=1S/C27H36N2O5S/c1-21-7-10-25(11-8-21)35(32,33)29-15-13-28(14-16-29)19-24-17-23(18-27(30)31)9-12-26(24)34-20-22-5-3-2-4-6-22/h7-12,17,22H,2-6,13-16,18-20H2,1H3,(H,30,31). The number of carbonyl (C=O) groups is 1. The lowest BCUT2D eigenvalue weighted by atomic mass is 9.90. The fourth-order valence-corrected chi connectivity index (χ4v) is 6.39. The van der Waals surface area contributed by atoms with Crippen molar-refractivity contribution in [2.45, 2.75) is 56.9 Å². The molecule has 1 aliphatic carbocycles. The van der Waals surface area contributed by atoms with Crippen molar-refractivity contribution in [3.63, 3.8) is 0 Å². The molecule has 0 aromatic heterocycles. The molecule has 4 rings (SSSR count). The van der Waals surface area contributed by atoms with Crippen LogP contribution in [-0.4, -0.2) is 61.5 Å². The van der Waals surface area contributed by atoms with Crippen molar-refractivity contribution in [3.8, 4) is 5.75 Å². The Balaban J connectivity index is 1.41. The fraction of sp³-hybridized carbons (Fsp3) is 0.519. The first-order valence-corrected chi connectivity index (χ1v) is 14.0. The van der Waals surface area contributed by atoms with Crippen molar-refractivity contribution >= 4 is 16.0 Å². The number of nitrogens with zero attached hydrogens (tertiary/aromatic N) is 2. The second-order valence-corrected chi connectivity index (χ2v) is 11.8. The smallest absolute Gasteiger partial charge is 0.307 e. The van der Waals surface area contributed by atoms with Crippen molar-refractivity contribution in [2.75, 3.05) is 32.8 Å². The summed E-state index contributed by atoms with van der Waals surface area (Å²) in [6.45, 7) is 5.28. The van der Waals surface area contributed by atoms with Crippen molar-refractivity contribution in [2.24, 2.45) is 5.92 Å². The summed E-state index contributed by atoms with van der Waals surface area (Å²) in [7, 11) is -3.51. The number of benzene rings is 2. The molecular weight excluding hydrogens is 464 g/mol. The molecule has 2 fully saturated rings. The Hall–Kier alpha value is -2.42. The summed E-state index contributed by atoms with van der Waals surface area (Å²) in [6, 6.07) is 12.6. The summed E-state index contributed by atoms with van der Waals surface area (Å²) in [4.78, 5) is 13.8. The highest BCUT2D eigenvalue weighted by Gasteiger charge is 2.29. The molecule has 35 heavy (non-hydrogen) atoms. The topological polar surface area (TPSA) is 87.2 Å². The number of piperazine rings is 1.